The molecule has 1 amide bonds. The molecule has 210 valence electrons. The highest BCUT2D eigenvalue weighted by Crippen LogP contribution is 2.49. The number of ether oxygens (including phenoxy) is 2. The van der Waals surface area contributed by atoms with E-state index in [1.54, 1.807) is 7.11 Å². The fourth-order valence-electron chi connectivity index (χ4n) is 5.88. The predicted molar refractivity (Wildman–Crippen MR) is 157 cm³/mol. The molecule has 0 fully saturated rings. The van der Waals surface area contributed by atoms with Crippen molar-refractivity contribution in [1.82, 2.24) is 0 Å². The van der Waals surface area contributed by atoms with Gasteiger partial charge in [-0.3, -0.25) is 14.5 Å². The Morgan fingerprint density at radius 3 is 2.54 bits per heavy atom. The number of fused-ring (bicyclic) bond motifs is 1. The molecule has 1 N–H and O–H groups in total. The number of hydrogen-bond acceptors (Lipinski definition) is 5. The molecule has 2 aromatic carbocycles. The van der Waals surface area contributed by atoms with Crippen molar-refractivity contribution in [1.29, 1.82) is 0 Å². The first kappa shape index (κ1) is 28.7. The quantitative estimate of drug-likeness (QED) is 0.338. The van der Waals surface area contributed by atoms with Crippen LogP contribution >= 0.6 is 0 Å². The molecule has 4 rings (SSSR count). The van der Waals surface area contributed by atoms with Crippen LogP contribution in [0.2, 0.25) is 0 Å². The first-order valence-corrected chi connectivity index (χ1v) is 14.5. The van der Waals surface area contributed by atoms with Crippen LogP contribution in [0.5, 0.6) is 11.5 Å². The summed E-state index contributed by atoms with van der Waals surface area (Å²) < 4.78 is 11.7. The highest BCUT2D eigenvalue weighted by atomic mass is 16.5. The van der Waals surface area contributed by atoms with E-state index in [1.807, 2.05) is 47.4 Å². The first-order chi connectivity index (χ1) is 18.7. The Kier molecular flexibility index (Phi) is 9.04. The molecule has 1 heterocycles. The number of Topliss-reactive ketones (excluding diaryl/α,β-unsaturated/α-hetero) is 1. The van der Waals surface area contributed by atoms with Crippen LogP contribution < -0.4 is 19.7 Å². The van der Waals surface area contributed by atoms with E-state index in [-0.39, 0.29) is 23.0 Å². The lowest BCUT2D eigenvalue weighted by Gasteiger charge is -2.38. The van der Waals surface area contributed by atoms with Gasteiger partial charge in [0.2, 0.25) is 5.91 Å². The van der Waals surface area contributed by atoms with Crippen LogP contribution in [0.15, 0.2) is 53.7 Å². The summed E-state index contributed by atoms with van der Waals surface area (Å²) in [6.07, 6.45) is 5.63. The Bertz CT molecular complexity index is 1230. The number of rotatable bonds is 10. The molecular weight excluding hydrogens is 488 g/mol. The van der Waals surface area contributed by atoms with E-state index in [4.69, 9.17) is 9.47 Å². The van der Waals surface area contributed by atoms with Crippen LogP contribution in [0, 0.1) is 11.3 Å². The number of allylic oxidation sites excluding steroid dienone is 1. The van der Waals surface area contributed by atoms with Gasteiger partial charge < -0.3 is 14.8 Å². The minimum Gasteiger partial charge on any atom is -0.493 e. The number of benzene rings is 2. The van der Waals surface area contributed by atoms with Crippen LogP contribution in [0.3, 0.4) is 0 Å². The topological polar surface area (TPSA) is 67.9 Å². The minimum absolute atomic E-state index is 0.0573. The van der Waals surface area contributed by atoms with Gasteiger partial charge in [-0.1, -0.05) is 65.7 Å². The zero-order chi connectivity index (χ0) is 28.2. The average Bonchev–Trinajstić information content (AvgIpc) is 3.05. The molecule has 6 heteroatoms. The van der Waals surface area contributed by atoms with Gasteiger partial charge in [0.05, 0.1) is 31.1 Å². The molecule has 2 atom stereocenters. The molecule has 39 heavy (non-hydrogen) atoms. The Morgan fingerprint density at radius 1 is 1.08 bits per heavy atom. The molecule has 0 saturated carbocycles. The van der Waals surface area contributed by atoms with E-state index >= 15 is 0 Å². The monoisotopic (exact) mass is 532 g/mol. The number of methoxy groups -OCH3 is 1. The van der Waals surface area contributed by atoms with Crippen molar-refractivity contribution in [2.45, 2.75) is 85.6 Å². The van der Waals surface area contributed by atoms with Crippen molar-refractivity contribution in [2.24, 2.45) is 11.3 Å². The van der Waals surface area contributed by atoms with Crippen molar-refractivity contribution < 1.29 is 19.1 Å². The van der Waals surface area contributed by atoms with Gasteiger partial charge in [-0.2, -0.15) is 0 Å². The number of ketones is 1. The smallest absolute Gasteiger partial charge is 0.231 e. The molecule has 0 unspecified atom stereocenters. The standard InChI is InChI=1S/C33H44N2O4/c1-7-10-13-22(9-3)32(37)35-26-15-12-11-14-24(26)34-25-20-33(4,5)21-27(36)30(25)31(35)23-16-17-28(39-18-8-2)29(19-23)38-6/h11-12,14-17,19,22,31,34H,7-10,13,18,20-21H2,1-6H3/t22-,31-/m0/s1. The maximum Gasteiger partial charge on any atom is 0.231 e. The largest absolute Gasteiger partial charge is 0.493 e. The van der Waals surface area contributed by atoms with Crippen molar-refractivity contribution in [3.8, 4) is 11.5 Å². The fourth-order valence-corrected chi connectivity index (χ4v) is 5.88. The maximum absolute atomic E-state index is 14.5. The van der Waals surface area contributed by atoms with Gasteiger partial charge in [-0.15, -0.1) is 0 Å². The number of para-hydroxylation sites is 2. The average molecular weight is 533 g/mol. The van der Waals surface area contributed by atoms with Crippen molar-refractivity contribution in [3.05, 3.63) is 59.3 Å². The molecule has 2 aromatic rings. The van der Waals surface area contributed by atoms with Gasteiger partial charge in [0.25, 0.3) is 0 Å². The number of nitrogens with one attached hydrogen (secondary N) is 1. The summed E-state index contributed by atoms with van der Waals surface area (Å²) in [4.78, 5) is 30.4. The predicted octanol–water partition coefficient (Wildman–Crippen LogP) is 7.84. The second-order valence-corrected chi connectivity index (χ2v) is 11.6. The fraction of sp³-hybridized carbons (Fsp3) is 0.515. The Labute approximate surface area is 233 Å². The molecule has 0 bridgehead atoms. The highest BCUT2D eigenvalue weighted by Gasteiger charge is 2.44. The molecule has 0 radical (unpaired) electrons. The van der Waals surface area contributed by atoms with Gasteiger partial charge in [0.1, 0.15) is 0 Å². The van der Waals surface area contributed by atoms with Crippen LogP contribution in [-0.4, -0.2) is 25.4 Å². The first-order valence-electron chi connectivity index (χ1n) is 14.5. The van der Waals surface area contributed by atoms with Crippen LogP contribution in [0.25, 0.3) is 0 Å². The Hall–Kier alpha value is -3.28. The molecule has 2 aliphatic rings. The van der Waals surface area contributed by atoms with E-state index in [0.717, 1.165) is 61.2 Å². The normalized spacial score (nSPS) is 19.0. The van der Waals surface area contributed by atoms with Crippen molar-refractivity contribution >= 4 is 23.1 Å². The summed E-state index contributed by atoms with van der Waals surface area (Å²) >= 11 is 0. The summed E-state index contributed by atoms with van der Waals surface area (Å²) in [5, 5.41) is 3.61. The zero-order valence-electron chi connectivity index (χ0n) is 24.4. The number of anilines is 2. The van der Waals surface area contributed by atoms with Crippen LogP contribution in [-0.2, 0) is 9.59 Å². The number of carbonyl (C=O) groups excluding carboxylic acids is 2. The molecular formula is C33H44N2O4. The van der Waals surface area contributed by atoms with Gasteiger partial charge in [-0.05, 0) is 60.9 Å². The van der Waals surface area contributed by atoms with Crippen molar-refractivity contribution in [2.75, 3.05) is 23.9 Å². The summed E-state index contributed by atoms with van der Waals surface area (Å²) in [6.45, 7) is 11.1. The molecule has 1 aliphatic heterocycles. The number of carbonyl (C=O) groups is 2. The molecule has 0 saturated heterocycles. The summed E-state index contributed by atoms with van der Waals surface area (Å²) in [6, 6.07) is 13.2. The SMILES string of the molecule is CCCC[C@H](CC)C(=O)N1c2ccccc2NC2=C(C(=O)CC(C)(C)C2)[C@@H]1c1ccc(OCCC)c(OC)c1. The second-order valence-electron chi connectivity index (χ2n) is 11.6. The molecule has 6 nitrogen and oxygen atoms in total. The Balaban J connectivity index is 1.96. The maximum atomic E-state index is 14.5. The lowest BCUT2D eigenvalue weighted by Crippen LogP contribution is -2.42. The third-order valence-corrected chi connectivity index (χ3v) is 7.85. The number of unbranched alkanes of at least 4 members (excludes halogenated alkanes) is 1. The number of nitrogens with zero attached hydrogens (tertiary/aromatic N) is 1. The third kappa shape index (κ3) is 6.00. The molecule has 0 spiro atoms. The van der Waals surface area contributed by atoms with Gasteiger partial charge in [-0.25, -0.2) is 0 Å². The van der Waals surface area contributed by atoms with Gasteiger partial charge >= 0.3 is 0 Å². The minimum atomic E-state index is -0.572. The van der Waals surface area contributed by atoms with E-state index in [9.17, 15) is 9.59 Å². The number of amides is 1. The van der Waals surface area contributed by atoms with E-state index < -0.39 is 6.04 Å². The van der Waals surface area contributed by atoms with E-state index in [1.165, 1.54) is 0 Å². The third-order valence-electron chi connectivity index (χ3n) is 7.85. The van der Waals surface area contributed by atoms with E-state index in [2.05, 4.69) is 39.9 Å². The van der Waals surface area contributed by atoms with Gasteiger partial charge in [0, 0.05) is 23.6 Å². The van der Waals surface area contributed by atoms with E-state index in [0.29, 0.717) is 30.1 Å². The Morgan fingerprint density at radius 2 is 1.85 bits per heavy atom. The number of hydrogen-bond donors (Lipinski definition) is 1. The van der Waals surface area contributed by atoms with Crippen LogP contribution in [0.1, 0.15) is 91.2 Å². The van der Waals surface area contributed by atoms with Crippen LogP contribution in [0.4, 0.5) is 11.4 Å². The van der Waals surface area contributed by atoms with Gasteiger partial charge in [0.15, 0.2) is 17.3 Å². The highest BCUT2D eigenvalue weighted by molar-refractivity contribution is 6.07. The lowest BCUT2D eigenvalue weighted by atomic mass is 9.73. The molecule has 1 aliphatic carbocycles. The summed E-state index contributed by atoms with van der Waals surface area (Å²) in [7, 11) is 1.63. The van der Waals surface area contributed by atoms with Crippen molar-refractivity contribution in [3.63, 3.8) is 0 Å². The summed E-state index contributed by atoms with van der Waals surface area (Å²) in [5.41, 5.74) is 3.89. The molecule has 0 aromatic heterocycles. The zero-order valence-corrected chi connectivity index (χ0v) is 24.4. The lowest BCUT2D eigenvalue weighted by molar-refractivity contribution is -0.123. The summed E-state index contributed by atoms with van der Waals surface area (Å²) in [5.74, 6) is 1.26. The second kappa shape index (κ2) is 12.3.